The van der Waals surface area contributed by atoms with E-state index in [0.29, 0.717) is 6.42 Å². The third kappa shape index (κ3) is 38.1. The van der Waals surface area contributed by atoms with Gasteiger partial charge in [0.25, 0.3) is 0 Å². The zero-order valence-electron chi connectivity index (χ0n) is 52.8. The molecule has 0 aromatic carbocycles. The maximum Gasteiger partial charge on any atom is 0.220 e. The van der Waals surface area contributed by atoms with Gasteiger partial charge in [-0.1, -0.05) is 309 Å². The van der Waals surface area contributed by atoms with Gasteiger partial charge in [-0.05, 0) is 19.3 Å². The van der Waals surface area contributed by atoms with E-state index in [9.17, 15) is 45.6 Å². The maximum absolute atomic E-state index is 13.3. The summed E-state index contributed by atoms with van der Waals surface area (Å²) in [4.78, 5) is 13.3. The highest BCUT2D eigenvalue weighted by atomic mass is 16.7. The summed E-state index contributed by atoms with van der Waals surface area (Å²) in [7, 11) is 0. The number of amides is 1. The average molecular weight is 1170 g/mol. The molecule has 0 aromatic rings. The molecule has 0 saturated carbocycles. The normalized spacial score (nSPS) is 23.9. The fourth-order valence-corrected chi connectivity index (χ4v) is 11.9. The van der Waals surface area contributed by atoms with Crippen LogP contribution >= 0.6 is 0 Å². The second-order valence-corrected chi connectivity index (χ2v) is 25.0. The van der Waals surface area contributed by atoms with Crippen LogP contribution in [0.4, 0.5) is 0 Å². The van der Waals surface area contributed by atoms with Gasteiger partial charge < -0.3 is 65.1 Å². The maximum atomic E-state index is 13.3. The topological polar surface area (TPSA) is 228 Å². The molecule has 0 radical (unpaired) electrons. The molecule has 2 aliphatic rings. The summed E-state index contributed by atoms with van der Waals surface area (Å²) in [5.74, 6) is -0.231. The van der Waals surface area contributed by atoms with Crippen LogP contribution in [0.1, 0.15) is 322 Å². The van der Waals surface area contributed by atoms with Crippen LogP contribution < -0.4 is 5.32 Å². The SMILES string of the molecule is CCCCCCCCCCCCCCCCCCCCCCCCCC/C=C/C(O)C(COC1OC(CO)C(OC2OC(CO)C(O)C(O)C2O)C(O)C1O)NC(=O)CCCCCCCCCCCCCCCCCCCCCCCC. The van der Waals surface area contributed by atoms with E-state index in [-0.39, 0.29) is 18.9 Å². The molecular weight excluding hydrogens is 1040 g/mol. The molecule has 82 heavy (non-hydrogen) atoms. The first-order valence-electron chi connectivity index (χ1n) is 34.9. The van der Waals surface area contributed by atoms with Gasteiger partial charge in [0.05, 0.1) is 32.0 Å². The van der Waals surface area contributed by atoms with Crippen LogP contribution in [0.2, 0.25) is 0 Å². The Morgan fingerprint density at radius 3 is 1.12 bits per heavy atom. The highest BCUT2D eigenvalue weighted by Gasteiger charge is 2.51. The van der Waals surface area contributed by atoms with Gasteiger partial charge in [0.2, 0.25) is 5.91 Å². The number of rotatable bonds is 58. The van der Waals surface area contributed by atoms with Crippen molar-refractivity contribution in [3.8, 4) is 0 Å². The van der Waals surface area contributed by atoms with Crippen molar-refractivity contribution in [2.24, 2.45) is 0 Å². The van der Waals surface area contributed by atoms with Gasteiger partial charge in [-0.2, -0.15) is 0 Å². The van der Waals surface area contributed by atoms with Crippen molar-refractivity contribution in [2.75, 3.05) is 19.8 Å². The van der Waals surface area contributed by atoms with E-state index in [1.54, 1.807) is 6.08 Å². The number of carbonyl (C=O) groups is 1. The van der Waals surface area contributed by atoms with Crippen molar-refractivity contribution in [1.29, 1.82) is 0 Å². The first kappa shape index (κ1) is 76.8. The van der Waals surface area contributed by atoms with Crippen LogP contribution in [-0.4, -0.2) is 140 Å². The highest BCUT2D eigenvalue weighted by molar-refractivity contribution is 5.76. The molecule has 2 aliphatic heterocycles. The van der Waals surface area contributed by atoms with E-state index in [1.165, 1.54) is 257 Å². The van der Waals surface area contributed by atoms with Crippen LogP contribution in [0.15, 0.2) is 12.2 Å². The molecule has 9 N–H and O–H groups in total. The number of unbranched alkanes of at least 4 members (excludes halogenated alkanes) is 45. The smallest absolute Gasteiger partial charge is 0.220 e. The van der Waals surface area contributed by atoms with E-state index in [0.717, 1.165) is 38.5 Å². The Kier molecular flexibility index (Phi) is 50.5. The molecule has 2 heterocycles. The van der Waals surface area contributed by atoms with Crippen molar-refractivity contribution in [3.05, 3.63) is 12.2 Å². The summed E-state index contributed by atoms with van der Waals surface area (Å²) in [6.45, 7) is 2.86. The van der Waals surface area contributed by atoms with Gasteiger partial charge in [0.1, 0.15) is 48.8 Å². The monoisotopic (exact) mass is 1170 g/mol. The minimum atomic E-state index is -1.79. The molecule has 486 valence electrons. The molecule has 14 nitrogen and oxygen atoms in total. The molecule has 2 rings (SSSR count). The second kappa shape index (κ2) is 53.9. The van der Waals surface area contributed by atoms with E-state index < -0.39 is 86.8 Å². The molecule has 2 fully saturated rings. The largest absolute Gasteiger partial charge is 0.394 e. The van der Waals surface area contributed by atoms with Crippen LogP contribution in [-0.2, 0) is 23.7 Å². The minimum absolute atomic E-state index is 0.231. The van der Waals surface area contributed by atoms with E-state index >= 15 is 0 Å². The van der Waals surface area contributed by atoms with Crippen molar-refractivity contribution in [3.63, 3.8) is 0 Å². The van der Waals surface area contributed by atoms with Gasteiger partial charge in [0.15, 0.2) is 12.6 Å². The second-order valence-electron chi connectivity index (χ2n) is 25.0. The van der Waals surface area contributed by atoms with Gasteiger partial charge in [-0.25, -0.2) is 0 Å². The van der Waals surface area contributed by atoms with Crippen LogP contribution in [0.25, 0.3) is 0 Å². The number of carbonyl (C=O) groups excluding carboxylic acids is 1. The predicted octanol–water partition coefficient (Wildman–Crippen LogP) is 13.8. The Balaban J connectivity index is 1.69. The summed E-state index contributed by atoms with van der Waals surface area (Å²) >= 11 is 0. The number of aliphatic hydroxyl groups excluding tert-OH is 8. The number of aliphatic hydroxyl groups is 8. The van der Waals surface area contributed by atoms with E-state index in [1.807, 2.05) is 6.08 Å². The first-order valence-corrected chi connectivity index (χ1v) is 34.9. The van der Waals surface area contributed by atoms with Crippen LogP contribution in [0, 0.1) is 0 Å². The van der Waals surface area contributed by atoms with Crippen molar-refractivity contribution >= 4 is 5.91 Å². The minimum Gasteiger partial charge on any atom is -0.394 e. The number of hydrogen-bond donors (Lipinski definition) is 9. The lowest BCUT2D eigenvalue weighted by molar-refractivity contribution is -0.359. The lowest BCUT2D eigenvalue weighted by Crippen LogP contribution is -2.65. The molecule has 0 bridgehead atoms. The molecule has 12 atom stereocenters. The number of hydrogen-bond acceptors (Lipinski definition) is 13. The molecule has 0 aromatic heterocycles. The van der Waals surface area contributed by atoms with Gasteiger partial charge in [-0.3, -0.25) is 4.79 Å². The molecule has 0 aliphatic carbocycles. The molecular formula is C68H131NO13. The first-order chi connectivity index (χ1) is 40.1. The fraction of sp³-hybridized carbons (Fsp3) is 0.956. The van der Waals surface area contributed by atoms with Crippen LogP contribution in [0.3, 0.4) is 0 Å². The zero-order valence-corrected chi connectivity index (χ0v) is 52.8. The Labute approximate surface area is 501 Å². The summed E-state index contributed by atoms with van der Waals surface area (Å²) in [5.41, 5.74) is 0. The van der Waals surface area contributed by atoms with Gasteiger partial charge in [0, 0.05) is 6.42 Å². The number of ether oxygens (including phenoxy) is 4. The molecule has 14 heteroatoms. The van der Waals surface area contributed by atoms with Gasteiger partial charge in [-0.15, -0.1) is 0 Å². The summed E-state index contributed by atoms with van der Waals surface area (Å²) in [5, 5.41) is 87.4. The van der Waals surface area contributed by atoms with Crippen molar-refractivity contribution in [1.82, 2.24) is 5.32 Å². The predicted molar refractivity (Wildman–Crippen MR) is 332 cm³/mol. The molecule has 1 amide bonds. The fourth-order valence-electron chi connectivity index (χ4n) is 11.9. The Bertz CT molecular complexity index is 1420. The van der Waals surface area contributed by atoms with E-state index in [2.05, 4.69) is 19.2 Å². The third-order valence-corrected chi connectivity index (χ3v) is 17.5. The lowest BCUT2D eigenvalue weighted by Gasteiger charge is -2.46. The number of allylic oxidation sites excluding steroid dienone is 1. The summed E-state index contributed by atoms with van der Waals surface area (Å²) in [6.07, 6.45) is 48.3. The van der Waals surface area contributed by atoms with E-state index in [4.69, 9.17) is 18.9 Å². The average Bonchev–Trinajstić information content (AvgIpc) is 3.67. The molecule has 2 saturated heterocycles. The molecule has 0 spiro atoms. The van der Waals surface area contributed by atoms with Crippen molar-refractivity contribution < 1.29 is 64.6 Å². The Morgan fingerprint density at radius 2 is 0.756 bits per heavy atom. The van der Waals surface area contributed by atoms with Crippen molar-refractivity contribution in [2.45, 2.75) is 396 Å². The Morgan fingerprint density at radius 1 is 0.427 bits per heavy atom. The summed E-state index contributed by atoms with van der Waals surface area (Å²) < 4.78 is 22.9. The lowest BCUT2D eigenvalue weighted by atomic mass is 9.97. The van der Waals surface area contributed by atoms with Crippen LogP contribution in [0.5, 0.6) is 0 Å². The molecule has 12 unspecified atom stereocenters. The van der Waals surface area contributed by atoms with Gasteiger partial charge >= 0.3 is 0 Å². The quantitative estimate of drug-likeness (QED) is 0.0204. The zero-order chi connectivity index (χ0) is 59.5. The Hall–Kier alpha value is -1.27. The third-order valence-electron chi connectivity index (χ3n) is 17.5. The number of nitrogens with one attached hydrogen (secondary N) is 1. The standard InChI is InChI=1S/C68H131NO13/c1-3-5-7-9-11-13-15-17-19-21-23-25-27-28-29-30-31-33-35-37-39-41-43-45-47-49-51-57(72)56(55-79-67-65(78)63(76)66(59(54-71)81-67)82-68-64(77)62(75)61(74)58(53-70)80-68)69-60(73)52-50-48-46-44-42-40-38-36-34-32-26-24-22-20-18-16-14-12-10-8-6-4-2/h49,51,56-59,61-68,70-72,74-78H,3-48,50,52-55H2,1-2H3,(H,69,73)/b51-49+. The summed E-state index contributed by atoms with van der Waals surface area (Å²) in [6, 6.07) is -0.911. The highest BCUT2D eigenvalue weighted by Crippen LogP contribution is 2.30.